The summed E-state index contributed by atoms with van der Waals surface area (Å²) < 4.78 is 0. The monoisotopic (exact) mass is 367 g/mol. The molecule has 0 saturated carbocycles. The summed E-state index contributed by atoms with van der Waals surface area (Å²) in [4.78, 5) is 24.0. The molecule has 0 fully saturated rings. The summed E-state index contributed by atoms with van der Waals surface area (Å²) in [5.41, 5.74) is 0.0253. The third-order valence-corrected chi connectivity index (χ3v) is 6.06. The molecule has 0 saturated heterocycles. The second-order valence-electron chi connectivity index (χ2n) is 5.58. The summed E-state index contributed by atoms with van der Waals surface area (Å²) in [5.74, 6) is 0. The number of hydrogen-bond donors (Lipinski definition) is 0. The third-order valence-electron chi connectivity index (χ3n) is 3.75. The molecular weight excluding hydrogens is 352 g/mol. The van der Waals surface area contributed by atoms with E-state index in [0.717, 1.165) is 9.79 Å². The van der Waals surface area contributed by atoms with E-state index < -0.39 is 20.7 Å². The predicted molar refractivity (Wildman–Crippen MR) is 99.5 cm³/mol. The average molecular weight is 367 g/mol. The van der Waals surface area contributed by atoms with Crippen LogP contribution in [-0.4, -0.2) is 9.85 Å². The number of aryl methyl sites for hydroxylation is 1. The topological polar surface area (TPSA) is 86.3 Å². The second kappa shape index (κ2) is 7.37. The highest BCUT2D eigenvalue weighted by Gasteiger charge is 2.43. The fourth-order valence-corrected chi connectivity index (χ4v) is 4.99. The highest BCUT2D eigenvalue weighted by Crippen LogP contribution is 2.42. The fraction of sp³-hybridized carbons (Fsp3) is 0.0526. The zero-order valence-corrected chi connectivity index (χ0v) is 14.7. The van der Waals surface area contributed by atoms with Gasteiger partial charge in [0.05, 0.1) is 9.85 Å². The van der Waals surface area contributed by atoms with E-state index in [2.05, 4.69) is 0 Å². The number of rotatable bonds is 5. The Morgan fingerprint density at radius 3 is 1.46 bits per heavy atom. The Bertz CT molecular complexity index is 887. The van der Waals surface area contributed by atoms with Gasteiger partial charge in [0, 0.05) is 12.1 Å². The summed E-state index contributed by atoms with van der Waals surface area (Å²) in [7, 11) is -0.970. The van der Waals surface area contributed by atoms with Crippen LogP contribution in [0.2, 0.25) is 0 Å². The van der Waals surface area contributed by atoms with Gasteiger partial charge in [0.1, 0.15) is 10.9 Å². The maximum Gasteiger partial charge on any atom is 0.332 e. The first-order valence-corrected chi connectivity index (χ1v) is 8.99. The number of hydrogen-bond acceptors (Lipinski definition) is 4. The van der Waals surface area contributed by atoms with Crippen molar-refractivity contribution in [3.05, 3.63) is 98.6 Å². The molecule has 0 atom stereocenters. The fourth-order valence-electron chi connectivity index (χ4n) is 2.70. The van der Waals surface area contributed by atoms with Gasteiger partial charge >= 0.3 is 16.3 Å². The van der Waals surface area contributed by atoms with Crippen LogP contribution in [0.4, 0.5) is 11.4 Å². The van der Waals surface area contributed by atoms with Crippen molar-refractivity contribution in [1.82, 2.24) is 0 Å². The van der Waals surface area contributed by atoms with Gasteiger partial charge < -0.3 is 0 Å². The molecule has 3 rings (SSSR count). The Labute approximate surface area is 152 Å². The van der Waals surface area contributed by atoms with Crippen molar-refractivity contribution in [1.29, 1.82) is 0 Å². The minimum Gasteiger partial charge on any atom is -0.258 e. The van der Waals surface area contributed by atoms with Crippen LogP contribution in [0.3, 0.4) is 0 Å². The quantitative estimate of drug-likeness (QED) is 0.364. The van der Waals surface area contributed by atoms with Crippen molar-refractivity contribution < 1.29 is 9.85 Å². The largest absolute Gasteiger partial charge is 0.332 e. The standard InChI is InChI=1S/C19H15N2O4S/c1-14-12-17(20(22)23)19(18(13-14)21(24)25)26(15-8-4-2-5-9-15)16-10-6-3-7-11-16/h2-13H,1H3/q+1. The molecule has 0 radical (unpaired) electrons. The molecule has 0 heterocycles. The Balaban J connectivity index is 2.38. The van der Waals surface area contributed by atoms with E-state index in [0.29, 0.717) is 5.56 Å². The van der Waals surface area contributed by atoms with E-state index in [-0.39, 0.29) is 16.3 Å². The van der Waals surface area contributed by atoms with Gasteiger partial charge in [-0.1, -0.05) is 36.4 Å². The molecule has 0 unspecified atom stereocenters. The van der Waals surface area contributed by atoms with Crippen LogP contribution >= 0.6 is 0 Å². The Morgan fingerprint density at radius 2 is 1.12 bits per heavy atom. The van der Waals surface area contributed by atoms with Gasteiger partial charge in [0.25, 0.3) is 0 Å². The summed E-state index contributed by atoms with van der Waals surface area (Å²) in [6.45, 7) is 1.62. The summed E-state index contributed by atoms with van der Waals surface area (Å²) in [5, 5.41) is 23.4. The molecule has 26 heavy (non-hydrogen) atoms. The van der Waals surface area contributed by atoms with Crippen LogP contribution in [0.1, 0.15) is 5.56 Å². The zero-order chi connectivity index (χ0) is 18.7. The zero-order valence-electron chi connectivity index (χ0n) is 13.9. The normalized spacial score (nSPS) is 10.7. The molecule has 0 amide bonds. The van der Waals surface area contributed by atoms with Crippen molar-refractivity contribution >= 4 is 22.3 Å². The smallest absolute Gasteiger partial charge is 0.258 e. The first-order valence-electron chi connectivity index (χ1n) is 7.77. The maximum absolute atomic E-state index is 11.7. The summed E-state index contributed by atoms with van der Waals surface area (Å²) in [6, 6.07) is 21.1. The van der Waals surface area contributed by atoms with E-state index in [1.807, 2.05) is 60.7 Å². The van der Waals surface area contributed by atoms with Crippen LogP contribution in [0.25, 0.3) is 0 Å². The molecular formula is C19H15N2O4S+. The maximum atomic E-state index is 11.7. The lowest BCUT2D eigenvalue weighted by Crippen LogP contribution is -2.11. The van der Waals surface area contributed by atoms with Gasteiger partial charge in [-0.3, -0.25) is 20.2 Å². The molecule has 0 aliphatic heterocycles. The van der Waals surface area contributed by atoms with E-state index in [4.69, 9.17) is 0 Å². The van der Waals surface area contributed by atoms with Gasteiger partial charge in [-0.25, -0.2) is 0 Å². The number of nitro groups is 2. The van der Waals surface area contributed by atoms with E-state index >= 15 is 0 Å². The van der Waals surface area contributed by atoms with Crippen molar-refractivity contribution in [3.63, 3.8) is 0 Å². The molecule has 0 N–H and O–H groups in total. The summed E-state index contributed by atoms with van der Waals surface area (Å²) >= 11 is 0. The SMILES string of the molecule is Cc1cc([N+](=O)[O-])c([S+](c2ccccc2)c2ccccc2)c([N+](=O)[O-])c1. The molecule has 0 bridgehead atoms. The Morgan fingerprint density at radius 1 is 0.731 bits per heavy atom. The van der Waals surface area contributed by atoms with Crippen LogP contribution in [0, 0.1) is 27.2 Å². The minimum atomic E-state index is -0.970. The highest BCUT2D eigenvalue weighted by molar-refractivity contribution is 7.97. The van der Waals surface area contributed by atoms with Crippen molar-refractivity contribution in [2.24, 2.45) is 0 Å². The van der Waals surface area contributed by atoms with Crippen LogP contribution < -0.4 is 0 Å². The average Bonchev–Trinajstić information content (AvgIpc) is 2.64. The van der Waals surface area contributed by atoms with E-state index in [9.17, 15) is 20.2 Å². The molecule has 130 valence electrons. The second-order valence-corrected chi connectivity index (χ2v) is 7.54. The lowest BCUT2D eigenvalue weighted by Gasteiger charge is -2.09. The lowest BCUT2D eigenvalue weighted by atomic mass is 10.2. The molecule has 0 aliphatic rings. The Kier molecular flexibility index (Phi) is 4.99. The van der Waals surface area contributed by atoms with Crippen LogP contribution in [0.5, 0.6) is 0 Å². The number of nitro benzene ring substituents is 2. The van der Waals surface area contributed by atoms with E-state index in [1.54, 1.807) is 6.92 Å². The van der Waals surface area contributed by atoms with Crippen molar-refractivity contribution in [2.45, 2.75) is 21.6 Å². The lowest BCUT2D eigenvalue weighted by molar-refractivity contribution is -0.399. The van der Waals surface area contributed by atoms with E-state index in [1.165, 1.54) is 12.1 Å². The van der Waals surface area contributed by atoms with Gasteiger partial charge in [0.15, 0.2) is 9.79 Å². The summed E-state index contributed by atoms with van der Waals surface area (Å²) in [6.07, 6.45) is 0. The molecule has 7 heteroatoms. The van der Waals surface area contributed by atoms with Gasteiger partial charge in [-0.15, -0.1) is 0 Å². The molecule has 0 spiro atoms. The Hall–Kier alpha value is -3.19. The molecule has 0 aromatic heterocycles. The molecule has 3 aromatic carbocycles. The van der Waals surface area contributed by atoms with Crippen molar-refractivity contribution in [2.75, 3.05) is 0 Å². The molecule has 3 aromatic rings. The van der Waals surface area contributed by atoms with Crippen LogP contribution in [0.15, 0.2) is 87.5 Å². The van der Waals surface area contributed by atoms with Gasteiger partial charge in [0.2, 0.25) is 0 Å². The molecule has 0 aliphatic carbocycles. The highest BCUT2D eigenvalue weighted by atomic mass is 32.2. The van der Waals surface area contributed by atoms with Crippen LogP contribution in [-0.2, 0) is 10.9 Å². The first kappa shape index (κ1) is 17.6. The third kappa shape index (κ3) is 3.43. The predicted octanol–water partition coefficient (Wildman–Crippen LogP) is 4.91. The first-order chi connectivity index (χ1) is 12.5. The minimum absolute atomic E-state index is 0.128. The number of benzene rings is 3. The van der Waals surface area contributed by atoms with Gasteiger partial charge in [-0.05, 0) is 36.8 Å². The van der Waals surface area contributed by atoms with Crippen molar-refractivity contribution in [3.8, 4) is 0 Å². The number of nitrogens with zero attached hydrogens (tertiary/aromatic N) is 2. The van der Waals surface area contributed by atoms with Gasteiger partial charge in [-0.2, -0.15) is 0 Å². The molecule has 6 nitrogen and oxygen atoms in total.